The van der Waals surface area contributed by atoms with E-state index in [1.165, 1.54) is 35.6 Å². The molecule has 164 valence electrons. The van der Waals surface area contributed by atoms with Gasteiger partial charge in [-0.3, -0.25) is 0 Å². The van der Waals surface area contributed by atoms with Gasteiger partial charge in [0.25, 0.3) is 0 Å². The van der Waals surface area contributed by atoms with Crippen molar-refractivity contribution >= 4 is 15.8 Å². The van der Waals surface area contributed by atoms with Gasteiger partial charge in [-0.1, -0.05) is 30.3 Å². The molecule has 0 spiro atoms. The highest BCUT2D eigenvalue weighted by Crippen LogP contribution is 2.16. The monoisotopic (exact) mass is 434 g/mol. The zero-order chi connectivity index (χ0) is 22.1. The fourth-order valence-corrected chi connectivity index (χ4v) is 3.92. The van der Waals surface area contributed by atoms with E-state index in [4.69, 9.17) is 0 Å². The van der Waals surface area contributed by atoms with Crippen LogP contribution in [-0.4, -0.2) is 46.2 Å². The molecule has 0 aliphatic carbocycles. The van der Waals surface area contributed by atoms with E-state index < -0.39 is 15.7 Å². The van der Waals surface area contributed by atoms with Gasteiger partial charge in [-0.2, -0.15) is 0 Å². The van der Waals surface area contributed by atoms with Crippen LogP contribution in [0.2, 0.25) is 0 Å². The van der Waals surface area contributed by atoms with Crippen LogP contribution in [0.15, 0.2) is 47.5 Å². The van der Waals surface area contributed by atoms with E-state index in [9.17, 15) is 12.8 Å². The number of nitrogens with one attached hydrogen (secondary N) is 2. The maximum atomic E-state index is 13.7. The zero-order valence-corrected chi connectivity index (χ0v) is 18.9. The van der Waals surface area contributed by atoms with Gasteiger partial charge in [0, 0.05) is 25.9 Å². The molecule has 0 fully saturated rings. The molecule has 0 saturated heterocycles. The first-order valence-electron chi connectivity index (χ1n) is 9.86. The number of rotatable bonds is 9. The van der Waals surface area contributed by atoms with Crippen LogP contribution >= 0.6 is 0 Å². The summed E-state index contributed by atoms with van der Waals surface area (Å²) in [6.45, 7) is 4.25. The normalized spacial score (nSPS) is 12.3. The number of benzene rings is 2. The van der Waals surface area contributed by atoms with Gasteiger partial charge in [0.15, 0.2) is 15.8 Å². The van der Waals surface area contributed by atoms with Crippen molar-refractivity contribution < 1.29 is 12.8 Å². The predicted molar refractivity (Wildman–Crippen MR) is 120 cm³/mol. The molecule has 8 heteroatoms. The number of aliphatic imine (C=N–C) groups is 1. The lowest BCUT2D eigenvalue weighted by atomic mass is 10.1. The largest absolute Gasteiger partial charge is 0.357 e. The van der Waals surface area contributed by atoms with Crippen LogP contribution in [0, 0.1) is 5.82 Å². The maximum Gasteiger partial charge on any atom is 0.191 e. The van der Waals surface area contributed by atoms with E-state index in [-0.39, 0.29) is 12.3 Å². The van der Waals surface area contributed by atoms with Crippen molar-refractivity contribution in [3.63, 3.8) is 0 Å². The molecular weight excluding hydrogens is 403 g/mol. The molecule has 0 saturated carbocycles. The van der Waals surface area contributed by atoms with Gasteiger partial charge >= 0.3 is 0 Å². The Hall–Kier alpha value is -2.45. The summed E-state index contributed by atoms with van der Waals surface area (Å²) in [5.74, 6) is 0.0414. The molecule has 2 N–H and O–H groups in total. The van der Waals surface area contributed by atoms with Crippen LogP contribution in [0.4, 0.5) is 4.39 Å². The second-order valence-corrected chi connectivity index (χ2v) is 9.68. The molecule has 2 aromatic carbocycles. The Labute approximate surface area is 179 Å². The molecule has 6 nitrogen and oxygen atoms in total. The summed E-state index contributed by atoms with van der Waals surface area (Å²) in [7, 11) is 0.833. The highest BCUT2D eigenvalue weighted by Gasteiger charge is 2.11. The summed E-state index contributed by atoms with van der Waals surface area (Å²) >= 11 is 0. The molecule has 0 aromatic heterocycles. The molecule has 0 radical (unpaired) electrons. The fourth-order valence-electron chi connectivity index (χ4n) is 3.07. The van der Waals surface area contributed by atoms with E-state index in [2.05, 4.69) is 32.7 Å². The second-order valence-electron chi connectivity index (χ2n) is 7.54. The van der Waals surface area contributed by atoms with Crippen LogP contribution < -0.4 is 10.6 Å². The Morgan fingerprint density at radius 1 is 1.03 bits per heavy atom. The van der Waals surface area contributed by atoms with Crippen LogP contribution in [0.5, 0.6) is 0 Å². The molecular formula is C22H31FN4O2S. The quantitative estimate of drug-likeness (QED) is 0.469. The van der Waals surface area contributed by atoms with Gasteiger partial charge in [-0.25, -0.2) is 17.8 Å². The van der Waals surface area contributed by atoms with Crippen molar-refractivity contribution in [3.05, 3.63) is 70.5 Å². The summed E-state index contributed by atoms with van der Waals surface area (Å²) in [5, 5.41) is 6.49. The smallest absolute Gasteiger partial charge is 0.191 e. The number of guanidine groups is 1. The zero-order valence-electron chi connectivity index (χ0n) is 18.1. The summed E-state index contributed by atoms with van der Waals surface area (Å²) in [6.07, 6.45) is 1.17. The molecule has 2 aromatic rings. The molecule has 0 amide bonds. The minimum atomic E-state index is -3.23. The van der Waals surface area contributed by atoms with Gasteiger partial charge in [0.2, 0.25) is 0 Å². The number of sulfone groups is 1. The first kappa shape index (κ1) is 23.8. The van der Waals surface area contributed by atoms with Gasteiger partial charge in [0.1, 0.15) is 5.82 Å². The first-order chi connectivity index (χ1) is 14.2. The van der Waals surface area contributed by atoms with Crippen molar-refractivity contribution in [1.29, 1.82) is 0 Å². The lowest BCUT2D eigenvalue weighted by Crippen LogP contribution is -2.37. The minimum Gasteiger partial charge on any atom is -0.357 e. The summed E-state index contributed by atoms with van der Waals surface area (Å²) < 4.78 is 37.1. The Bertz CT molecular complexity index is 975. The van der Waals surface area contributed by atoms with Crippen molar-refractivity contribution in [1.82, 2.24) is 15.5 Å². The van der Waals surface area contributed by atoms with E-state index in [1.807, 2.05) is 33.2 Å². The second kappa shape index (κ2) is 11.1. The Morgan fingerprint density at radius 3 is 2.37 bits per heavy atom. The molecule has 0 heterocycles. The number of hydrogen-bond acceptors (Lipinski definition) is 4. The standard InChI is InChI=1S/C22H31FN4O2S/c1-5-24-22(25-13-17-8-6-7-9-18(17)15-27(2)3)26-14-20-12-21(23)11-10-19(20)16-30(4,28)29/h6-12H,5,13-16H2,1-4H3,(H2,24,25,26). The van der Waals surface area contributed by atoms with Crippen molar-refractivity contribution in [3.8, 4) is 0 Å². The van der Waals surface area contributed by atoms with Gasteiger partial charge in [0.05, 0.1) is 12.3 Å². The Balaban J connectivity index is 2.17. The third-order valence-electron chi connectivity index (χ3n) is 4.39. The van der Waals surface area contributed by atoms with E-state index in [0.29, 0.717) is 30.2 Å². The molecule has 0 aliphatic heterocycles. The maximum absolute atomic E-state index is 13.7. The fraction of sp³-hybridized carbons (Fsp3) is 0.409. The summed E-state index contributed by atoms with van der Waals surface area (Å²) in [6, 6.07) is 12.3. The van der Waals surface area contributed by atoms with Crippen LogP contribution in [0.3, 0.4) is 0 Å². The van der Waals surface area contributed by atoms with E-state index in [0.717, 1.165) is 6.54 Å². The molecule has 0 unspecified atom stereocenters. The van der Waals surface area contributed by atoms with Gasteiger partial charge in [-0.05, 0) is 55.4 Å². The van der Waals surface area contributed by atoms with Crippen molar-refractivity contribution in [2.24, 2.45) is 4.99 Å². The predicted octanol–water partition coefficient (Wildman–Crippen LogP) is 2.69. The van der Waals surface area contributed by atoms with Crippen LogP contribution in [-0.2, 0) is 35.2 Å². The lowest BCUT2D eigenvalue weighted by molar-refractivity contribution is 0.400. The molecule has 0 aliphatic rings. The Kier molecular flexibility index (Phi) is 8.80. The van der Waals surface area contributed by atoms with E-state index >= 15 is 0 Å². The van der Waals surface area contributed by atoms with Crippen LogP contribution in [0.25, 0.3) is 0 Å². The minimum absolute atomic E-state index is 0.139. The first-order valence-corrected chi connectivity index (χ1v) is 11.9. The van der Waals surface area contributed by atoms with Crippen LogP contribution in [0.1, 0.15) is 29.2 Å². The number of halogens is 1. The third kappa shape index (κ3) is 8.12. The summed E-state index contributed by atoms with van der Waals surface area (Å²) in [4.78, 5) is 6.66. The third-order valence-corrected chi connectivity index (χ3v) is 5.22. The lowest BCUT2D eigenvalue weighted by Gasteiger charge is -2.16. The highest BCUT2D eigenvalue weighted by molar-refractivity contribution is 7.89. The molecule has 2 rings (SSSR count). The number of hydrogen-bond donors (Lipinski definition) is 2. The van der Waals surface area contributed by atoms with E-state index in [1.54, 1.807) is 0 Å². The average molecular weight is 435 g/mol. The van der Waals surface area contributed by atoms with Crippen molar-refractivity contribution in [2.75, 3.05) is 26.9 Å². The average Bonchev–Trinajstić information content (AvgIpc) is 2.65. The molecule has 30 heavy (non-hydrogen) atoms. The van der Waals surface area contributed by atoms with Gasteiger partial charge < -0.3 is 15.5 Å². The van der Waals surface area contributed by atoms with Gasteiger partial charge in [-0.15, -0.1) is 0 Å². The number of nitrogens with zero attached hydrogens (tertiary/aromatic N) is 2. The molecule has 0 bridgehead atoms. The topological polar surface area (TPSA) is 73.8 Å². The SMILES string of the molecule is CCNC(=NCc1cc(F)ccc1CS(C)(=O)=O)NCc1ccccc1CN(C)C. The summed E-state index contributed by atoms with van der Waals surface area (Å²) in [5.41, 5.74) is 3.52. The van der Waals surface area contributed by atoms with Crippen molar-refractivity contribution in [2.45, 2.75) is 32.3 Å². The highest BCUT2D eigenvalue weighted by atomic mass is 32.2. The Morgan fingerprint density at radius 2 is 1.73 bits per heavy atom. The molecule has 0 atom stereocenters.